The first-order valence-corrected chi connectivity index (χ1v) is 22.4. The van der Waals surface area contributed by atoms with E-state index in [1.54, 1.807) is 0 Å². The second-order valence-electron chi connectivity index (χ2n) is 15.5. The van der Waals surface area contributed by atoms with E-state index in [-0.39, 0.29) is 0 Å². The van der Waals surface area contributed by atoms with Gasteiger partial charge in [-0.25, -0.2) is 0 Å². The molecule has 0 saturated heterocycles. The van der Waals surface area contributed by atoms with Crippen molar-refractivity contribution in [2.24, 2.45) is 0 Å². The fourth-order valence-corrected chi connectivity index (χ4v) is 6.96. The van der Waals surface area contributed by atoms with Gasteiger partial charge in [-0.15, -0.1) is 0 Å². The fourth-order valence-electron chi connectivity index (χ4n) is 6.96. The van der Waals surface area contributed by atoms with Crippen molar-refractivity contribution in [2.75, 3.05) is 46.1 Å². The lowest BCUT2D eigenvalue weighted by molar-refractivity contribution is -0.0113. The van der Waals surface area contributed by atoms with E-state index in [1.165, 1.54) is 186 Å². The van der Waals surface area contributed by atoms with E-state index >= 15 is 0 Å². The molecule has 0 bridgehead atoms. The highest BCUT2D eigenvalue weighted by atomic mass is 16.5. The summed E-state index contributed by atoms with van der Waals surface area (Å²) in [6, 6.07) is 0. The van der Waals surface area contributed by atoms with Crippen molar-refractivity contribution >= 4 is 0 Å². The molecule has 2 N–H and O–H groups in total. The van der Waals surface area contributed by atoms with Gasteiger partial charge in [-0.3, -0.25) is 4.90 Å². The summed E-state index contributed by atoms with van der Waals surface area (Å²) in [5.74, 6) is 0. The maximum absolute atomic E-state index is 10.8. The molecule has 0 aromatic carbocycles. The zero-order valence-electron chi connectivity index (χ0n) is 33.9. The minimum Gasteiger partial charge on any atom is -0.389 e. The summed E-state index contributed by atoms with van der Waals surface area (Å²) < 4.78 is 11.8. The van der Waals surface area contributed by atoms with Crippen molar-refractivity contribution in [3.8, 4) is 0 Å². The van der Waals surface area contributed by atoms with Gasteiger partial charge in [0.1, 0.15) is 0 Å². The molecule has 0 aliphatic heterocycles. The smallest absolute Gasteiger partial charge is 0.0900 e. The largest absolute Gasteiger partial charge is 0.389 e. The summed E-state index contributed by atoms with van der Waals surface area (Å²) in [6.45, 7) is 11.1. The molecule has 0 aromatic rings. The lowest BCUT2D eigenvalue weighted by Gasteiger charge is -2.27. The number of rotatable bonds is 43. The molecule has 2 unspecified atom stereocenters. The topological polar surface area (TPSA) is 62.2 Å². The monoisotopic (exact) mass is 698 g/mol. The summed E-state index contributed by atoms with van der Waals surface area (Å²) >= 11 is 0. The third-order valence-corrected chi connectivity index (χ3v) is 10.2. The van der Waals surface area contributed by atoms with Gasteiger partial charge in [0.15, 0.2) is 0 Å². The van der Waals surface area contributed by atoms with E-state index in [2.05, 4.69) is 25.7 Å². The van der Waals surface area contributed by atoms with E-state index in [0.717, 1.165) is 39.0 Å². The summed E-state index contributed by atoms with van der Waals surface area (Å²) in [7, 11) is 0. The molecule has 296 valence electrons. The van der Waals surface area contributed by atoms with Crippen molar-refractivity contribution < 1.29 is 19.7 Å². The summed E-state index contributed by atoms with van der Waals surface area (Å²) in [5, 5.41) is 21.6. The number of aliphatic hydroxyl groups excluding tert-OH is 2. The quantitative estimate of drug-likeness (QED) is 0.0621. The van der Waals surface area contributed by atoms with E-state index < -0.39 is 12.2 Å². The maximum atomic E-state index is 10.8. The molecule has 0 rings (SSSR count). The van der Waals surface area contributed by atoms with Crippen LogP contribution in [0.25, 0.3) is 0 Å². The summed E-state index contributed by atoms with van der Waals surface area (Å²) in [4.78, 5) is 2.25. The molecule has 2 atom stereocenters. The van der Waals surface area contributed by atoms with Crippen LogP contribution in [0.1, 0.15) is 226 Å². The molecule has 0 aliphatic carbocycles. The maximum Gasteiger partial charge on any atom is 0.0900 e. The van der Waals surface area contributed by atoms with Gasteiger partial charge in [0, 0.05) is 26.3 Å². The van der Waals surface area contributed by atoms with E-state index in [9.17, 15) is 10.2 Å². The Morgan fingerprint density at radius 2 is 0.592 bits per heavy atom. The van der Waals surface area contributed by atoms with E-state index in [1.807, 2.05) is 0 Å². The average molecular weight is 698 g/mol. The van der Waals surface area contributed by atoms with Gasteiger partial charge in [0.2, 0.25) is 0 Å². The normalized spacial score (nSPS) is 13.1. The minimum atomic E-state index is -0.514. The fraction of sp³-hybridized carbons (Fsp3) is 1.00. The SMILES string of the molecule is CCCCCCCCCCCCCCN(CC(O)COCCCCCCCCCCCC)CC(O)COCCCCCCCCCCCC. The van der Waals surface area contributed by atoms with Crippen LogP contribution >= 0.6 is 0 Å². The molecule has 5 heteroatoms. The molecule has 0 amide bonds. The number of hydrogen-bond donors (Lipinski definition) is 2. The van der Waals surface area contributed by atoms with Crippen LogP contribution in [0.15, 0.2) is 0 Å². The third-order valence-electron chi connectivity index (χ3n) is 10.2. The van der Waals surface area contributed by atoms with Crippen molar-refractivity contribution in [1.29, 1.82) is 0 Å². The Morgan fingerprint density at radius 3 is 0.878 bits per heavy atom. The Hall–Kier alpha value is -0.200. The first kappa shape index (κ1) is 48.8. The Kier molecular flexibility index (Phi) is 42.0. The van der Waals surface area contributed by atoms with Crippen LogP contribution in [0.2, 0.25) is 0 Å². The molecule has 0 saturated carbocycles. The molecule has 0 heterocycles. The standard InChI is InChI=1S/C44H91NO4/c1-4-7-10-13-16-19-22-23-24-27-30-33-36-45(39-43(46)41-48-37-34-31-28-25-20-17-14-11-8-5-2)40-44(47)42-49-38-35-32-29-26-21-18-15-12-9-6-3/h43-44,46-47H,4-42H2,1-3H3. The van der Waals surface area contributed by atoms with Crippen molar-refractivity contribution in [1.82, 2.24) is 4.90 Å². The van der Waals surface area contributed by atoms with Gasteiger partial charge in [0.05, 0.1) is 25.4 Å². The van der Waals surface area contributed by atoms with Crippen molar-refractivity contribution in [2.45, 2.75) is 238 Å². The van der Waals surface area contributed by atoms with Gasteiger partial charge < -0.3 is 19.7 Å². The predicted octanol–water partition coefficient (Wildman–Crippen LogP) is 12.6. The molecule has 5 nitrogen and oxygen atoms in total. The first-order valence-electron chi connectivity index (χ1n) is 22.4. The zero-order valence-corrected chi connectivity index (χ0v) is 33.9. The lowest BCUT2D eigenvalue weighted by Crippen LogP contribution is -2.41. The first-order chi connectivity index (χ1) is 24.1. The van der Waals surface area contributed by atoms with Gasteiger partial charge in [-0.1, -0.05) is 207 Å². The molecule has 49 heavy (non-hydrogen) atoms. The van der Waals surface area contributed by atoms with Crippen molar-refractivity contribution in [3.63, 3.8) is 0 Å². The summed E-state index contributed by atoms with van der Waals surface area (Å²) in [5.41, 5.74) is 0. The predicted molar refractivity (Wildman–Crippen MR) is 215 cm³/mol. The van der Waals surface area contributed by atoms with Crippen LogP contribution in [-0.2, 0) is 9.47 Å². The Balaban J connectivity index is 4.18. The molecule has 0 aromatic heterocycles. The molecular formula is C44H91NO4. The molecule has 0 spiro atoms. The molecule has 0 radical (unpaired) electrons. The zero-order chi connectivity index (χ0) is 35.7. The average Bonchev–Trinajstić information content (AvgIpc) is 3.09. The Morgan fingerprint density at radius 1 is 0.347 bits per heavy atom. The molecule has 0 fully saturated rings. The molecule has 0 aliphatic rings. The van der Waals surface area contributed by atoms with E-state index in [4.69, 9.17) is 9.47 Å². The van der Waals surface area contributed by atoms with Crippen LogP contribution in [-0.4, -0.2) is 73.4 Å². The Bertz CT molecular complexity index is 555. The van der Waals surface area contributed by atoms with Crippen LogP contribution in [0, 0.1) is 0 Å². The van der Waals surface area contributed by atoms with Gasteiger partial charge in [-0.2, -0.15) is 0 Å². The minimum absolute atomic E-state index is 0.387. The summed E-state index contributed by atoms with van der Waals surface area (Å²) in [6.07, 6.45) is 41.5. The molecular weight excluding hydrogens is 606 g/mol. The third kappa shape index (κ3) is 40.4. The van der Waals surface area contributed by atoms with Gasteiger partial charge >= 0.3 is 0 Å². The highest BCUT2D eigenvalue weighted by Crippen LogP contribution is 2.14. The van der Waals surface area contributed by atoms with Gasteiger partial charge in [0.25, 0.3) is 0 Å². The number of ether oxygens (including phenoxy) is 2. The second-order valence-corrected chi connectivity index (χ2v) is 15.5. The van der Waals surface area contributed by atoms with E-state index in [0.29, 0.717) is 26.3 Å². The van der Waals surface area contributed by atoms with Gasteiger partial charge in [-0.05, 0) is 25.8 Å². The number of hydrogen-bond acceptors (Lipinski definition) is 5. The highest BCUT2D eigenvalue weighted by Gasteiger charge is 2.16. The second kappa shape index (κ2) is 42.2. The highest BCUT2D eigenvalue weighted by molar-refractivity contribution is 4.69. The lowest BCUT2D eigenvalue weighted by atomic mass is 10.1. The van der Waals surface area contributed by atoms with Crippen LogP contribution in [0.3, 0.4) is 0 Å². The van der Waals surface area contributed by atoms with Crippen molar-refractivity contribution in [3.05, 3.63) is 0 Å². The number of nitrogens with zero attached hydrogens (tertiary/aromatic N) is 1. The van der Waals surface area contributed by atoms with Crippen LogP contribution in [0.5, 0.6) is 0 Å². The van der Waals surface area contributed by atoms with Crippen LogP contribution in [0.4, 0.5) is 0 Å². The van der Waals surface area contributed by atoms with Crippen LogP contribution < -0.4 is 0 Å². The Labute approximate surface area is 308 Å². The number of unbranched alkanes of at least 4 members (excludes halogenated alkanes) is 29. The number of aliphatic hydroxyl groups is 2.